The van der Waals surface area contributed by atoms with E-state index in [1.807, 2.05) is 0 Å². The van der Waals surface area contributed by atoms with Crippen LogP contribution in [0.5, 0.6) is 0 Å². The van der Waals surface area contributed by atoms with Gasteiger partial charge < -0.3 is 5.32 Å². The van der Waals surface area contributed by atoms with Gasteiger partial charge in [-0.15, -0.1) is 11.6 Å². The molecule has 0 amide bonds. The molecule has 0 heterocycles. The predicted octanol–water partition coefficient (Wildman–Crippen LogP) is 3.03. The van der Waals surface area contributed by atoms with Crippen LogP contribution in [0.1, 0.15) is 39.5 Å². The van der Waals surface area contributed by atoms with E-state index in [0.717, 1.165) is 25.4 Å². The molecule has 13 heavy (non-hydrogen) atoms. The average molecular weight is 204 g/mol. The Balaban J connectivity index is 1.85. The van der Waals surface area contributed by atoms with Crippen molar-refractivity contribution < 1.29 is 0 Å². The lowest BCUT2D eigenvalue weighted by Gasteiger charge is -2.12. The highest BCUT2D eigenvalue weighted by atomic mass is 35.5. The molecule has 0 aromatic rings. The number of nitrogens with one attached hydrogen (secondary N) is 1. The fourth-order valence-electron chi connectivity index (χ4n) is 1.57. The van der Waals surface area contributed by atoms with Crippen molar-refractivity contribution in [2.24, 2.45) is 11.8 Å². The smallest absolute Gasteiger partial charge is 0.0463 e. The number of rotatable bonds is 7. The van der Waals surface area contributed by atoms with Gasteiger partial charge in [-0.1, -0.05) is 26.7 Å². The highest BCUT2D eigenvalue weighted by Crippen LogP contribution is 2.31. The molecular formula is C11H22ClN. The fourth-order valence-corrected chi connectivity index (χ4v) is 2.03. The molecule has 1 atom stereocenters. The Morgan fingerprint density at radius 3 is 2.62 bits per heavy atom. The van der Waals surface area contributed by atoms with Gasteiger partial charge in [-0.05, 0) is 31.2 Å². The van der Waals surface area contributed by atoms with Gasteiger partial charge in [-0.2, -0.15) is 0 Å². The summed E-state index contributed by atoms with van der Waals surface area (Å²) >= 11 is 6.14. The molecule has 0 bridgehead atoms. The van der Waals surface area contributed by atoms with Gasteiger partial charge in [0.2, 0.25) is 0 Å². The molecule has 1 nitrogen and oxygen atoms in total. The highest BCUT2D eigenvalue weighted by molar-refractivity contribution is 6.20. The van der Waals surface area contributed by atoms with Gasteiger partial charge >= 0.3 is 0 Å². The maximum absolute atomic E-state index is 6.14. The van der Waals surface area contributed by atoms with Gasteiger partial charge in [0, 0.05) is 11.9 Å². The van der Waals surface area contributed by atoms with Gasteiger partial charge in [0.05, 0.1) is 0 Å². The lowest BCUT2D eigenvalue weighted by atomic mass is 10.1. The minimum atomic E-state index is 0.319. The van der Waals surface area contributed by atoms with E-state index in [1.54, 1.807) is 0 Å². The summed E-state index contributed by atoms with van der Waals surface area (Å²) in [6.07, 6.45) is 5.39. The summed E-state index contributed by atoms with van der Waals surface area (Å²) in [6, 6.07) is 0. The first-order valence-corrected chi connectivity index (χ1v) is 5.97. The predicted molar refractivity (Wildman–Crippen MR) is 59.3 cm³/mol. The van der Waals surface area contributed by atoms with Crippen LogP contribution in [0.25, 0.3) is 0 Å². The molecular weight excluding hydrogens is 182 g/mol. The molecule has 1 aliphatic rings. The lowest BCUT2D eigenvalue weighted by molar-refractivity contribution is 0.524. The van der Waals surface area contributed by atoms with Crippen molar-refractivity contribution in [3.63, 3.8) is 0 Å². The molecule has 78 valence electrons. The van der Waals surface area contributed by atoms with Crippen LogP contribution < -0.4 is 5.32 Å². The average Bonchev–Trinajstić information content (AvgIpc) is 2.80. The zero-order valence-corrected chi connectivity index (χ0v) is 9.61. The van der Waals surface area contributed by atoms with Crippen LogP contribution in [0.15, 0.2) is 0 Å². The zero-order chi connectivity index (χ0) is 9.68. The van der Waals surface area contributed by atoms with E-state index >= 15 is 0 Å². The Bertz CT molecular complexity index is 132. The fraction of sp³-hybridized carbons (Fsp3) is 1.00. The topological polar surface area (TPSA) is 12.0 Å². The van der Waals surface area contributed by atoms with E-state index in [4.69, 9.17) is 11.6 Å². The molecule has 1 aliphatic carbocycles. The summed E-state index contributed by atoms with van der Waals surface area (Å²) in [5.41, 5.74) is 0. The number of halogens is 1. The Hall–Kier alpha value is 0.250. The molecule has 1 saturated carbocycles. The monoisotopic (exact) mass is 203 g/mol. The van der Waals surface area contributed by atoms with E-state index in [-0.39, 0.29) is 0 Å². The third kappa shape index (κ3) is 6.34. The zero-order valence-electron chi connectivity index (χ0n) is 8.85. The van der Waals surface area contributed by atoms with Gasteiger partial charge in [-0.3, -0.25) is 0 Å². The van der Waals surface area contributed by atoms with Crippen LogP contribution in [-0.4, -0.2) is 18.5 Å². The summed E-state index contributed by atoms with van der Waals surface area (Å²) in [6.45, 7) is 6.58. The first kappa shape index (κ1) is 11.3. The second kappa shape index (κ2) is 5.87. The van der Waals surface area contributed by atoms with Crippen LogP contribution >= 0.6 is 11.6 Å². The third-order valence-corrected chi connectivity index (χ3v) is 2.85. The minimum absolute atomic E-state index is 0.319. The largest absolute Gasteiger partial charge is 0.315 e. The van der Waals surface area contributed by atoms with Crippen molar-refractivity contribution in [2.45, 2.75) is 44.9 Å². The second-order valence-corrected chi connectivity index (χ2v) is 5.28. The normalized spacial score (nSPS) is 19.4. The first-order valence-electron chi connectivity index (χ1n) is 5.53. The summed E-state index contributed by atoms with van der Waals surface area (Å²) < 4.78 is 0. The summed E-state index contributed by atoms with van der Waals surface area (Å²) in [7, 11) is 0. The Labute approximate surface area is 87.2 Å². The maximum Gasteiger partial charge on any atom is 0.0463 e. The Kier molecular flexibility index (Phi) is 5.12. The molecule has 2 heteroatoms. The van der Waals surface area contributed by atoms with E-state index in [1.165, 1.54) is 19.3 Å². The molecule has 0 radical (unpaired) electrons. The molecule has 0 spiro atoms. The molecule has 0 aliphatic heterocycles. The van der Waals surface area contributed by atoms with Crippen molar-refractivity contribution >= 4 is 11.6 Å². The summed E-state index contributed by atoms with van der Waals surface area (Å²) in [4.78, 5) is 0. The van der Waals surface area contributed by atoms with Crippen LogP contribution in [0.3, 0.4) is 0 Å². The van der Waals surface area contributed by atoms with Crippen LogP contribution in [0.4, 0.5) is 0 Å². The Morgan fingerprint density at radius 1 is 1.38 bits per heavy atom. The van der Waals surface area contributed by atoms with E-state index in [2.05, 4.69) is 19.2 Å². The lowest BCUT2D eigenvalue weighted by Crippen LogP contribution is -2.25. The summed E-state index contributed by atoms with van der Waals surface area (Å²) in [5.74, 6) is 1.75. The first-order chi connectivity index (χ1) is 6.18. The van der Waals surface area contributed by atoms with Gasteiger partial charge in [-0.25, -0.2) is 0 Å². The Morgan fingerprint density at radius 2 is 2.08 bits per heavy atom. The number of hydrogen-bond acceptors (Lipinski definition) is 1. The molecule has 1 N–H and O–H groups in total. The molecule has 1 rings (SSSR count). The number of hydrogen-bond donors (Lipinski definition) is 1. The van der Waals surface area contributed by atoms with Crippen molar-refractivity contribution in [3.8, 4) is 0 Å². The van der Waals surface area contributed by atoms with Crippen molar-refractivity contribution in [2.75, 3.05) is 13.1 Å². The molecule has 1 fully saturated rings. The second-order valence-electron chi connectivity index (χ2n) is 4.66. The standard InChI is InChI=1S/C11H22ClN/c1-9(2)7-11(12)8-13-6-5-10-3-4-10/h9-11,13H,3-8H2,1-2H3. The van der Waals surface area contributed by atoms with Crippen LogP contribution in [0.2, 0.25) is 0 Å². The van der Waals surface area contributed by atoms with Crippen molar-refractivity contribution in [3.05, 3.63) is 0 Å². The number of alkyl halides is 1. The highest BCUT2D eigenvalue weighted by Gasteiger charge is 2.20. The summed E-state index contributed by atoms with van der Waals surface area (Å²) in [5, 5.41) is 3.75. The van der Waals surface area contributed by atoms with Gasteiger partial charge in [0.25, 0.3) is 0 Å². The molecule has 0 saturated heterocycles. The molecule has 1 unspecified atom stereocenters. The maximum atomic E-state index is 6.14. The van der Waals surface area contributed by atoms with E-state index < -0.39 is 0 Å². The quantitative estimate of drug-likeness (QED) is 0.496. The molecule has 0 aromatic carbocycles. The molecule has 0 aromatic heterocycles. The van der Waals surface area contributed by atoms with Crippen molar-refractivity contribution in [1.29, 1.82) is 0 Å². The van der Waals surface area contributed by atoms with Gasteiger partial charge in [0.15, 0.2) is 0 Å². The van der Waals surface area contributed by atoms with Crippen molar-refractivity contribution in [1.82, 2.24) is 5.32 Å². The van der Waals surface area contributed by atoms with E-state index in [9.17, 15) is 0 Å². The minimum Gasteiger partial charge on any atom is -0.315 e. The van der Waals surface area contributed by atoms with Crippen LogP contribution in [0, 0.1) is 11.8 Å². The van der Waals surface area contributed by atoms with E-state index in [0.29, 0.717) is 11.3 Å². The van der Waals surface area contributed by atoms with Crippen LogP contribution in [-0.2, 0) is 0 Å². The third-order valence-electron chi connectivity index (χ3n) is 2.52. The van der Waals surface area contributed by atoms with Gasteiger partial charge in [0.1, 0.15) is 0 Å². The SMILES string of the molecule is CC(C)CC(Cl)CNCCC1CC1.